The SMILES string of the molecule is Cc1ccc([C@H]2CN(C(=O)NCC(C)(C)N(C)C)CCO2)o1. The number of aryl methyl sites for hydroxylation is 1. The van der Waals surface area contributed by atoms with Crippen LogP contribution in [0, 0.1) is 6.92 Å². The van der Waals surface area contributed by atoms with Crippen LogP contribution in [0.5, 0.6) is 0 Å². The molecule has 0 saturated carbocycles. The quantitative estimate of drug-likeness (QED) is 0.924. The fraction of sp³-hybridized carbons (Fsp3) is 0.688. The first kappa shape index (κ1) is 16.8. The van der Waals surface area contributed by atoms with Crippen molar-refractivity contribution in [2.75, 3.05) is 40.3 Å². The number of nitrogens with zero attached hydrogens (tertiary/aromatic N) is 2. The minimum Gasteiger partial charge on any atom is -0.464 e. The van der Waals surface area contributed by atoms with E-state index in [0.29, 0.717) is 26.2 Å². The molecule has 1 aliphatic rings. The van der Waals surface area contributed by atoms with Crippen molar-refractivity contribution in [3.05, 3.63) is 23.7 Å². The van der Waals surface area contributed by atoms with Gasteiger partial charge >= 0.3 is 6.03 Å². The molecule has 0 bridgehead atoms. The fourth-order valence-electron chi connectivity index (χ4n) is 2.19. The third-order valence-corrected chi connectivity index (χ3v) is 4.32. The molecule has 0 spiro atoms. The van der Waals surface area contributed by atoms with E-state index >= 15 is 0 Å². The molecule has 1 atom stereocenters. The van der Waals surface area contributed by atoms with Crippen molar-refractivity contribution < 1.29 is 13.9 Å². The fourth-order valence-corrected chi connectivity index (χ4v) is 2.19. The van der Waals surface area contributed by atoms with Crippen LogP contribution in [0.4, 0.5) is 4.79 Å². The maximum Gasteiger partial charge on any atom is 0.317 e. The molecule has 2 heterocycles. The summed E-state index contributed by atoms with van der Waals surface area (Å²) in [5.41, 5.74) is -0.0839. The summed E-state index contributed by atoms with van der Waals surface area (Å²) >= 11 is 0. The molecule has 1 aromatic rings. The number of likely N-dealkylation sites (N-methyl/N-ethyl adjacent to an activating group) is 1. The molecule has 0 radical (unpaired) electrons. The lowest BCUT2D eigenvalue weighted by Crippen LogP contribution is -2.53. The molecule has 1 aromatic heterocycles. The van der Waals surface area contributed by atoms with Crippen molar-refractivity contribution in [1.29, 1.82) is 0 Å². The number of ether oxygens (including phenoxy) is 1. The van der Waals surface area contributed by atoms with E-state index in [4.69, 9.17) is 9.15 Å². The van der Waals surface area contributed by atoms with Crippen LogP contribution in [0.15, 0.2) is 16.5 Å². The monoisotopic (exact) mass is 309 g/mol. The third-order valence-electron chi connectivity index (χ3n) is 4.32. The smallest absolute Gasteiger partial charge is 0.317 e. The van der Waals surface area contributed by atoms with Gasteiger partial charge < -0.3 is 24.3 Å². The number of nitrogens with one attached hydrogen (secondary N) is 1. The molecular formula is C16H27N3O3. The molecule has 22 heavy (non-hydrogen) atoms. The Kier molecular flexibility index (Phi) is 5.13. The van der Waals surface area contributed by atoms with E-state index in [1.165, 1.54) is 0 Å². The molecular weight excluding hydrogens is 282 g/mol. The predicted molar refractivity (Wildman–Crippen MR) is 84.9 cm³/mol. The molecule has 124 valence electrons. The molecule has 2 rings (SSSR count). The lowest BCUT2D eigenvalue weighted by molar-refractivity contribution is -0.0266. The Bertz CT molecular complexity index is 510. The van der Waals surface area contributed by atoms with Crippen molar-refractivity contribution in [1.82, 2.24) is 15.1 Å². The van der Waals surface area contributed by atoms with Gasteiger partial charge in [-0.1, -0.05) is 0 Å². The molecule has 1 saturated heterocycles. The average Bonchev–Trinajstić information content (AvgIpc) is 2.91. The Balaban J connectivity index is 1.90. The molecule has 0 unspecified atom stereocenters. The average molecular weight is 309 g/mol. The molecule has 1 fully saturated rings. The molecule has 6 nitrogen and oxygen atoms in total. The van der Waals surface area contributed by atoms with Crippen LogP contribution in [0.1, 0.15) is 31.5 Å². The van der Waals surface area contributed by atoms with Gasteiger partial charge in [0.1, 0.15) is 17.6 Å². The van der Waals surface area contributed by atoms with Crippen molar-refractivity contribution in [3.63, 3.8) is 0 Å². The van der Waals surface area contributed by atoms with Crippen molar-refractivity contribution in [3.8, 4) is 0 Å². The van der Waals surface area contributed by atoms with Crippen molar-refractivity contribution >= 4 is 6.03 Å². The Morgan fingerprint density at radius 3 is 2.77 bits per heavy atom. The zero-order valence-corrected chi connectivity index (χ0v) is 14.2. The first-order valence-corrected chi connectivity index (χ1v) is 7.68. The van der Waals surface area contributed by atoms with Crippen LogP contribution in [0.2, 0.25) is 0 Å². The molecule has 1 N–H and O–H groups in total. The number of hydrogen-bond acceptors (Lipinski definition) is 4. The van der Waals surface area contributed by atoms with Gasteiger partial charge in [0.05, 0.1) is 13.2 Å². The summed E-state index contributed by atoms with van der Waals surface area (Å²) in [4.78, 5) is 16.2. The van der Waals surface area contributed by atoms with Crippen molar-refractivity contribution in [2.45, 2.75) is 32.4 Å². The number of morpholine rings is 1. The topological polar surface area (TPSA) is 58.0 Å². The maximum absolute atomic E-state index is 12.4. The third kappa shape index (κ3) is 4.01. The standard InChI is InChI=1S/C16H27N3O3/c1-12-6-7-13(22-12)14-10-19(8-9-21-14)15(20)17-11-16(2,3)18(4)5/h6-7,14H,8-11H2,1-5H3,(H,17,20)/t14-/m1/s1. The zero-order valence-electron chi connectivity index (χ0n) is 14.2. The van der Waals surface area contributed by atoms with Gasteiger partial charge in [0.15, 0.2) is 0 Å². The van der Waals surface area contributed by atoms with Gasteiger partial charge in [0.25, 0.3) is 0 Å². The number of furan rings is 1. The zero-order chi connectivity index (χ0) is 16.3. The highest BCUT2D eigenvalue weighted by molar-refractivity contribution is 5.74. The van der Waals surface area contributed by atoms with Gasteiger partial charge in [-0.3, -0.25) is 0 Å². The minimum absolute atomic E-state index is 0.0495. The summed E-state index contributed by atoms with van der Waals surface area (Å²) < 4.78 is 11.3. The first-order valence-electron chi connectivity index (χ1n) is 7.68. The second kappa shape index (κ2) is 6.71. The minimum atomic E-state index is -0.185. The van der Waals surface area contributed by atoms with Gasteiger partial charge in [0, 0.05) is 18.6 Å². The van der Waals surface area contributed by atoms with E-state index in [-0.39, 0.29) is 17.7 Å². The summed E-state index contributed by atoms with van der Waals surface area (Å²) in [6.45, 7) is 8.34. The van der Waals surface area contributed by atoms with Gasteiger partial charge in [-0.15, -0.1) is 0 Å². The Morgan fingerprint density at radius 2 is 2.18 bits per heavy atom. The van der Waals surface area contributed by atoms with Gasteiger partial charge in [0.2, 0.25) is 0 Å². The summed E-state index contributed by atoms with van der Waals surface area (Å²) in [7, 11) is 4.02. The van der Waals surface area contributed by atoms with E-state index < -0.39 is 0 Å². The Labute approximate surface area is 132 Å². The molecule has 0 aromatic carbocycles. The first-order chi connectivity index (χ1) is 10.3. The van der Waals surface area contributed by atoms with Crippen LogP contribution in [0.3, 0.4) is 0 Å². The highest BCUT2D eigenvalue weighted by Gasteiger charge is 2.28. The number of carbonyl (C=O) groups excluding carboxylic acids is 1. The highest BCUT2D eigenvalue weighted by Crippen LogP contribution is 2.24. The number of hydrogen-bond donors (Lipinski definition) is 1. The van der Waals surface area contributed by atoms with E-state index in [0.717, 1.165) is 11.5 Å². The number of urea groups is 1. The van der Waals surface area contributed by atoms with Gasteiger partial charge in [-0.25, -0.2) is 4.79 Å². The van der Waals surface area contributed by atoms with Crippen LogP contribution in [-0.4, -0.2) is 61.7 Å². The Hall–Kier alpha value is -1.53. The molecule has 0 aliphatic carbocycles. The molecule has 1 aliphatic heterocycles. The van der Waals surface area contributed by atoms with Crippen LogP contribution in [0.25, 0.3) is 0 Å². The van der Waals surface area contributed by atoms with E-state index in [1.54, 1.807) is 4.90 Å². The number of rotatable bonds is 4. The normalized spacial score (nSPS) is 19.5. The second-order valence-electron chi connectivity index (χ2n) is 6.62. The van der Waals surface area contributed by atoms with Crippen LogP contribution >= 0.6 is 0 Å². The molecule has 2 amide bonds. The summed E-state index contributed by atoms with van der Waals surface area (Å²) in [5, 5.41) is 3.01. The Morgan fingerprint density at radius 1 is 1.45 bits per heavy atom. The second-order valence-corrected chi connectivity index (χ2v) is 6.62. The van der Waals surface area contributed by atoms with Crippen molar-refractivity contribution in [2.24, 2.45) is 0 Å². The summed E-state index contributed by atoms with van der Waals surface area (Å²) in [6.07, 6.45) is -0.185. The van der Waals surface area contributed by atoms with E-state index in [2.05, 4.69) is 24.1 Å². The van der Waals surface area contributed by atoms with Crippen LogP contribution in [-0.2, 0) is 4.74 Å². The predicted octanol–water partition coefficient (Wildman–Crippen LogP) is 2.01. The van der Waals surface area contributed by atoms with Gasteiger partial charge in [-0.05, 0) is 47.0 Å². The lowest BCUT2D eigenvalue weighted by Gasteiger charge is -2.35. The largest absolute Gasteiger partial charge is 0.464 e. The van der Waals surface area contributed by atoms with Crippen LogP contribution < -0.4 is 5.32 Å². The lowest BCUT2D eigenvalue weighted by atomic mass is 10.0. The number of carbonyl (C=O) groups is 1. The maximum atomic E-state index is 12.4. The summed E-state index contributed by atoms with van der Waals surface area (Å²) in [6, 6.07) is 3.78. The summed E-state index contributed by atoms with van der Waals surface area (Å²) in [5.74, 6) is 1.64. The highest BCUT2D eigenvalue weighted by atomic mass is 16.5. The van der Waals surface area contributed by atoms with Gasteiger partial charge in [-0.2, -0.15) is 0 Å². The molecule has 6 heteroatoms. The number of amides is 2. The van der Waals surface area contributed by atoms with E-state index in [9.17, 15) is 4.79 Å². The van der Waals surface area contributed by atoms with E-state index in [1.807, 2.05) is 33.2 Å².